The highest BCUT2D eigenvalue weighted by Gasteiger charge is 2.24. The van der Waals surface area contributed by atoms with Crippen molar-refractivity contribution in [1.29, 1.82) is 0 Å². The van der Waals surface area contributed by atoms with Gasteiger partial charge in [0.25, 0.3) is 0 Å². The Balaban J connectivity index is 0.00000261. The molecule has 0 aliphatic rings. The predicted octanol–water partition coefficient (Wildman–Crippen LogP) is 3.20. The highest BCUT2D eigenvalue weighted by Crippen LogP contribution is 2.34. The highest BCUT2D eigenvalue weighted by atomic mass is 35.5. The molecule has 1 amide bonds. The van der Waals surface area contributed by atoms with Crippen LogP contribution in [0.3, 0.4) is 0 Å². The van der Waals surface area contributed by atoms with Crippen LogP contribution < -0.4 is 11.1 Å². The summed E-state index contributed by atoms with van der Waals surface area (Å²) >= 11 is 6.43. The number of halogens is 2. The van der Waals surface area contributed by atoms with Crippen molar-refractivity contribution in [3.05, 3.63) is 70.9 Å². The minimum atomic E-state index is -0.968. The van der Waals surface area contributed by atoms with Gasteiger partial charge in [-0.2, -0.15) is 0 Å². The molecule has 0 aliphatic heterocycles. The highest BCUT2D eigenvalue weighted by molar-refractivity contribution is 6.31. The SMILES string of the molecule is C[C@H](O)[C@H](N)C(=O)NCC(c1ccccc1Cl)c1c[nH]c2ccccc12.Cl. The molecule has 5 N–H and O–H groups in total. The van der Waals surface area contributed by atoms with Gasteiger partial charge in [-0.05, 0) is 30.2 Å². The molecule has 7 heteroatoms. The molecule has 1 unspecified atom stereocenters. The van der Waals surface area contributed by atoms with Crippen LogP contribution in [0.1, 0.15) is 24.0 Å². The van der Waals surface area contributed by atoms with Crippen LogP contribution in [0, 0.1) is 0 Å². The van der Waals surface area contributed by atoms with Crippen LogP contribution in [0.15, 0.2) is 54.7 Å². The number of rotatable bonds is 6. The van der Waals surface area contributed by atoms with Crippen LogP contribution in [0.4, 0.5) is 0 Å². The van der Waals surface area contributed by atoms with Crippen molar-refractivity contribution >= 4 is 40.8 Å². The fraction of sp³-hybridized carbons (Fsp3) is 0.250. The number of hydrogen-bond acceptors (Lipinski definition) is 3. The summed E-state index contributed by atoms with van der Waals surface area (Å²) in [4.78, 5) is 15.5. The number of benzene rings is 2. The molecule has 27 heavy (non-hydrogen) atoms. The van der Waals surface area contributed by atoms with Crippen LogP contribution >= 0.6 is 24.0 Å². The maximum absolute atomic E-state index is 12.2. The molecule has 3 atom stereocenters. The van der Waals surface area contributed by atoms with Gasteiger partial charge in [-0.3, -0.25) is 4.79 Å². The fourth-order valence-electron chi connectivity index (χ4n) is 3.07. The average Bonchev–Trinajstić information content (AvgIpc) is 3.06. The van der Waals surface area contributed by atoms with Crippen molar-refractivity contribution in [3.63, 3.8) is 0 Å². The van der Waals surface area contributed by atoms with Crippen molar-refractivity contribution in [3.8, 4) is 0 Å². The first-order chi connectivity index (χ1) is 12.5. The number of H-pyrrole nitrogens is 1. The first kappa shape index (κ1) is 21.3. The standard InChI is InChI=1S/C20H22ClN3O2.ClH/c1-12(25)19(22)20(26)24-11-15(13-6-2-4-8-17(13)21)16-10-23-18-9-5-3-7-14(16)18;/h2-10,12,15,19,23,25H,11,22H2,1H3,(H,24,26);1H/t12-,15?,19-;/m0./s1. The summed E-state index contributed by atoms with van der Waals surface area (Å²) in [5.74, 6) is -0.540. The van der Waals surface area contributed by atoms with Gasteiger partial charge in [0, 0.05) is 34.6 Å². The van der Waals surface area contributed by atoms with Gasteiger partial charge >= 0.3 is 0 Å². The van der Waals surface area contributed by atoms with Gasteiger partial charge in [-0.1, -0.05) is 48.0 Å². The number of para-hydroxylation sites is 1. The number of amides is 1. The van der Waals surface area contributed by atoms with E-state index < -0.39 is 18.1 Å². The molecule has 0 aliphatic carbocycles. The largest absolute Gasteiger partial charge is 0.391 e. The number of hydrogen-bond donors (Lipinski definition) is 4. The van der Waals surface area contributed by atoms with Gasteiger partial charge in [0.15, 0.2) is 0 Å². The number of aromatic amines is 1. The van der Waals surface area contributed by atoms with Crippen LogP contribution in [0.25, 0.3) is 10.9 Å². The number of aliphatic hydroxyl groups is 1. The summed E-state index contributed by atoms with van der Waals surface area (Å²) in [6.45, 7) is 1.82. The Labute approximate surface area is 169 Å². The minimum Gasteiger partial charge on any atom is -0.391 e. The number of aromatic nitrogens is 1. The molecule has 2 aromatic carbocycles. The van der Waals surface area contributed by atoms with Crippen molar-refractivity contribution in [1.82, 2.24) is 10.3 Å². The average molecular weight is 408 g/mol. The Hall–Kier alpha value is -2.05. The summed E-state index contributed by atoms with van der Waals surface area (Å²) in [7, 11) is 0. The lowest BCUT2D eigenvalue weighted by Crippen LogP contribution is -2.48. The van der Waals surface area contributed by atoms with Gasteiger partial charge in [-0.25, -0.2) is 0 Å². The van der Waals surface area contributed by atoms with Crippen molar-refractivity contribution in [2.45, 2.75) is 25.0 Å². The second-order valence-corrected chi connectivity index (χ2v) is 6.78. The summed E-state index contributed by atoms with van der Waals surface area (Å²) in [6.07, 6.45) is 1.03. The third-order valence-electron chi connectivity index (χ3n) is 4.58. The lowest BCUT2D eigenvalue weighted by Gasteiger charge is -2.21. The zero-order chi connectivity index (χ0) is 18.7. The van der Waals surface area contributed by atoms with Crippen LogP contribution in [-0.4, -0.2) is 34.7 Å². The summed E-state index contributed by atoms with van der Waals surface area (Å²) < 4.78 is 0. The zero-order valence-electron chi connectivity index (χ0n) is 14.9. The number of nitrogens with two attached hydrogens (primary N) is 1. The Morgan fingerprint density at radius 2 is 1.85 bits per heavy atom. The Bertz CT molecular complexity index is 911. The van der Waals surface area contributed by atoms with E-state index in [4.69, 9.17) is 17.3 Å². The topological polar surface area (TPSA) is 91.1 Å². The molecule has 3 aromatic rings. The molecule has 144 valence electrons. The zero-order valence-corrected chi connectivity index (χ0v) is 16.4. The smallest absolute Gasteiger partial charge is 0.239 e. The molecule has 0 saturated heterocycles. The molecule has 0 fully saturated rings. The first-order valence-corrected chi connectivity index (χ1v) is 8.88. The number of nitrogens with one attached hydrogen (secondary N) is 2. The fourth-order valence-corrected chi connectivity index (χ4v) is 3.33. The van der Waals surface area contributed by atoms with E-state index in [-0.39, 0.29) is 18.3 Å². The van der Waals surface area contributed by atoms with Gasteiger partial charge in [0.2, 0.25) is 5.91 Å². The molecule has 0 saturated carbocycles. The first-order valence-electron chi connectivity index (χ1n) is 8.51. The lowest BCUT2D eigenvalue weighted by molar-refractivity contribution is -0.124. The molecule has 1 heterocycles. The summed E-state index contributed by atoms with van der Waals surface area (Å²) in [5.41, 5.74) is 8.71. The number of fused-ring (bicyclic) bond motifs is 1. The van der Waals surface area contributed by atoms with E-state index in [1.807, 2.05) is 54.7 Å². The Morgan fingerprint density at radius 3 is 2.56 bits per heavy atom. The molecule has 0 bridgehead atoms. The third-order valence-corrected chi connectivity index (χ3v) is 4.92. The van der Waals surface area contributed by atoms with E-state index >= 15 is 0 Å². The molecule has 3 rings (SSSR count). The Morgan fingerprint density at radius 1 is 1.19 bits per heavy atom. The second-order valence-electron chi connectivity index (χ2n) is 6.38. The lowest BCUT2D eigenvalue weighted by atomic mass is 9.90. The van der Waals surface area contributed by atoms with E-state index in [1.54, 1.807) is 0 Å². The molecule has 5 nitrogen and oxygen atoms in total. The monoisotopic (exact) mass is 407 g/mol. The minimum absolute atomic E-state index is 0. The van der Waals surface area contributed by atoms with E-state index in [9.17, 15) is 9.90 Å². The van der Waals surface area contributed by atoms with E-state index in [0.29, 0.717) is 11.6 Å². The number of carbonyl (C=O) groups is 1. The number of carbonyl (C=O) groups excluding carboxylic acids is 1. The van der Waals surface area contributed by atoms with Crippen LogP contribution in [0.5, 0.6) is 0 Å². The van der Waals surface area contributed by atoms with Crippen molar-refractivity contribution < 1.29 is 9.90 Å². The second kappa shape index (κ2) is 9.24. The third kappa shape index (κ3) is 4.62. The maximum Gasteiger partial charge on any atom is 0.239 e. The van der Waals surface area contributed by atoms with Gasteiger partial charge in [-0.15, -0.1) is 12.4 Å². The molecular formula is C20H23Cl2N3O2. The van der Waals surface area contributed by atoms with E-state index in [0.717, 1.165) is 22.0 Å². The van der Waals surface area contributed by atoms with Crippen molar-refractivity contribution in [2.75, 3.05) is 6.54 Å². The molecule has 0 radical (unpaired) electrons. The molecular weight excluding hydrogens is 385 g/mol. The number of aliphatic hydroxyl groups excluding tert-OH is 1. The van der Waals surface area contributed by atoms with Gasteiger partial charge in [0.05, 0.1) is 6.10 Å². The quantitative estimate of drug-likeness (QED) is 0.505. The van der Waals surface area contributed by atoms with Crippen LogP contribution in [0.2, 0.25) is 5.02 Å². The van der Waals surface area contributed by atoms with Gasteiger partial charge in [0.1, 0.15) is 6.04 Å². The predicted molar refractivity (Wildman–Crippen MR) is 112 cm³/mol. The van der Waals surface area contributed by atoms with E-state index in [2.05, 4.69) is 10.3 Å². The summed E-state index contributed by atoms with van der Waals surface area (Å²) in [6, 6.07) is 14.6. The molecule has 0 spiro atoms. The maximum atomic E-state index is 12.2. The molecule has 1 aromatic heterocycles. The van der Waals surface area contributed by atoms with Crippen molar-refractivity contribution in [2.24, 2.45) is 5.73 Å². The summed E-state index contributed by atoms with van der Waals surface area (Å²) in [5, 5.41) is 14.1. The van der Waals surface area contributed by atoms with Gasteiger partial charge < -0.3 is 21.1 Å². The normalized spacial score (nSPS) is 14.2. The van der Waals surface area contributed by atoms with Crippen LogP contribution in [-0.2, 0) is 4.79 Å². The Kier molecular flexibility index (Phi) is 7.27. The van der Waals surface area contributed by atoms with E-state index in [1.165, 1.54) is 6.92 Å².